The van der Waals surface area contributed by atoms with Gasteiger partial charge in [-0.15, -0.1) is 0 Å². The second-order valence-corrected chi connectivity index (χ2v) is 4.01. The van der Waals surface area contributed by atoms with Crippen molar-refractivity contribution in [2.75, 3.05) is 18.1 Å². The maximum absolute atomic E-state index is 10.1. The molecule has 0 saturated heterocycles. The van der Waals surface area contributed by atoms with Gasteiger partial charge < -0.3 is 10.2 Å². The van der Waals surface area contributed by atoms with E-state index in [2.05, 4.69) is 0 Å². The minimum absolute atomic E-state index is 0.214. The number of carbonyl (C=O) groups is 1. The van der Waals surface area contributed by atoms with Crippen molar-refractivity contribution in [1.82, 2.24) is 0 Å². The smallest absolute Gasteiger partial charge is 0.303 e. The van der Waals surface area contributed by atoms with Gasteiger partial charge in [0.1, 0.15) is 0 Å². The molecule has 2 N–H and O–H groups in total. The fraction of sp³-hybridized carbons (Fsp3) is 0.875. The summed E-state index contributed by atoms with van der Waals surface area (Å²) >= 11 is 1.70. The topological polar surface area (TPSA) is 57.5 Å². The van der Waals surface area contributed by atoms with Gasteiger partial charge in [0.2, 0.25) is 0 Å². The maximum Gasteiger partial charge on any atom is 0.303 e. The second kappa shape index (κ2) is 7.43. The number of rotatable bonds is 7. The third kappa shape index (κ3) is 7.88. The Bertz CT molecular complexity index is 127. The number of aliphatic hydroxyl groups excluding tert-OH is 1. The van der Waals surface area contributed by atoms with Gasteiger partial charge in [0.05, 0.1) is 0 Å². The van der Waals surface area contributed by atoms with Crippen LogP contribution >= 0.6 is 11.8 Å². The average molecular weight is 192 g/mol. The summed E-state index contributed by atoms with van der Waals surface area (Å²) in [6.45, 7) is 2.19. The summed E-state index contributed by atoms with van der Waals surface area (Å²) in [6.07, 6.45) is 0.971. The zero-order valence-electron chi connectivity index (χ0n) is 7.32. The van der Waals surface area contributed by atoms with Gasteiger partial charge in [0, 0.05) is 13.0 Å². The van der Waals surface area contributed by atoms with Gasteiger partial charge in [-0.3, -0.25) is 4.79 Å². The predicted octanol–water partition coefficient (Wildman–Crippen LogP) is 1.21. The van der Waals surface area contributed by atoms with Crippen LogP contribution < -0.4 is 0 Å². The molecule has 0 aromatic rings. The molecule has 0 heterocycles. The predicted molar refractivity (Wildman–Crippen MR) is 50.4 cm³/mol. The van der Waals surface area contributed by atoms with E-state index in [0.717, 1.165) is 17.9 Å². The number of aliphatic hydroxyl groups is 1. The summed E-state index contributed by atoms with van der Waals surface area (Å²) < 4.78 is 0. The molecule has 0 aromatic carbocycles. The minimum atomic E-state index is -0.731. The van der Waals surface area contributed by atoms with Gasteiger partial charge in [-0.2, -0.15) is 11.8 Å². The molecule has 0 rings (SSSR count). The number of carboxylic acids is 1. The Labute approximate surface area is 77.2 Å². The highest BCUT2D eigenvalue weighted by Gasteiger charge is 2.00. The van der Waals surface area contributed by atoms with Crippen molar-refractivity contribution in [2.45, 2.75) is 19.8 Å². The Kier molecular flexibility index (Phi) is 7.29. The molecule has 12 heavy (non-hydrogen) atoms. The van der Waals surface area contributed by atoms with E-state index < -0.39 is 5.97 Å². The summed E-state index contributed by atoms with van der Waals surface area (Å²) in [5.74, 6) is 1.37. The normalized spacial score (nSPS) is 12.8. The lowest BCUT2D eigenvalue weighted by molar-refractivity contribution is -0.137. The molecule has 0 bridgehead atoms. The van der Waals surface area contributed by atoms with Gasteiger partial charge in [-0.05, 0) is 23.8 Å². The van der Waals surface area contributed by atoms with E-state index in [1.54, 1.807) is 11.8 Å². The lowest BCUT2D eigenvalue weighted by atomic mass is 10.2. The SMILES string of the molecule is CC(CO)CSCCCC(=O)O. The quantitative estimate of drug-likeness (QED) is 0.595. The molecule has 0 aliphatic heterocycles. The Morgan fingerprint density at radius 3 is 2.75 bits per heavy atom. The molecule has 1 unspecified atom stereocenters. The van der Waals surface area contributed by atoms with Gasteiger partial charge in [0.25, 0.3) is 0 Å². The van der Waals surface area contributed by atoms with Gasteiger partial charge in [0.15, 0.2) is 0 Å². The van der Waals surface area contributed by atoms with Crippen molar-refractivity contribution < 1.29 is 15.0 Å². The number of hydrogen-bond acceptors (Lipinski definition) is 3. The zero-order chi connectivity index (χ0) is 9.40. The molecule has 3 nitrogen and oxygen atoms in total. The van der Waals surface area contributed by atoms with E-state index in [4.69, 9.17) is 10.2 Å². The van der Waals surface area contributed by atoms with Gasteiger partial charge in [-0.25, -0.2) is 0 Å². The van der Waals surface area contributed by atoms with Gasteiger partial charge in [-0.1, -0.05) is 6.92 Å². The van der Waals surface area contributed by atoms with Crippen LogP contribution in [-0.2, 0) is 4.79 Å². The molecule has 0 radical (unpaired) electrons. The first-order valence-corrected chi connectivity index (χ1v) is 5.22. The van der Waals surface area contributed by atoms with Crippen LogP contribution in [0.5, 0.6) is 0 Å². The Hall–Kier alpha value is -0.220. The molecule has 0 fully saturated rings. The first-order chi connectivity index (χ1) is 5.66. The molecule has 0 aliphatic rings. The number of aliphatic carboxylic acids is 1. The Balaban J connectivity index is 3.05. The van der Waals surface area contributed by atoms with E-state index in [1.165, 1.54) is 0 Å². The summed E-state index contributed by atoms with van der Waals surface area (Å²) in [5, 5.41) is 17.0. The van der Waals surface area contributed by atoms with Crippen LogP contribution in [0.1, 0.15) is 19.8 Å². The summed E-state index contributed by atoms with van der Waals surface area (Å²) in [4.78, 5) is 10.1. The molecule has 72 valence electrons. The van der Waals surface area contributed by atoms with Crippen molar-refractivity contribution in [3.05, 3.63) is 0 Å². The maximum atomic E-state index is 10.1. The average Bonchev–Trinajstić information content (AvgIpc) is 2.03. The van der Waals surface area contributed by atoms with E-state index >= 15 is 0 Å². The molecule has 0 amide bonds. The van der Waals surface area contributed by atoms with Gasteiger partial charge >= 0.3 is 5.97 Å². The highest BCUT2D eigenvalue weighted by molar-refractivity contribution is 7.99. The zero-order valence-corrected chi connectivity index (χ0v) is 8.14. The lowest BCUT2D eigenvalue weighted by Crippen LogP contribution is -2.04. The van der Waals surface area contributed by atoms with Crippen LogP contribution in [-0.4, -0.2) is 34.3 Å². The van der Waals surface area contributed by atoms with E-state index in [1.807, 2.05) is 6.92 Å². The molecule has 0 saturated carbocycles. The Morgan fingerprint density at radius 1 is 1.58 bits per heavy atom. The first-order valence-electron chi connectivity index (χ1n) is 4.07. The van der Waals surface area contributed by atoms with E-state index in [9.17, 15) is 4.79 Å². The number of carboxylic acid groups (broad SMARTS) is 1. The van der Waals surface area contributed by atoms with Crippen LogP contribution in [0.15, 0.2) is 0 Å². The largest absolute Gasteiger partial charge is 0.481 e. The van der Waals surface area contributed by atoms with E-state index in [0.29, 0.717) is 5.92 Å². The molecule has 1 atom stereocenters. The summed E-state index contributed by atoms with van der Waals surface area (Å²) in [7, 11) is 0. The highest BCUT2D eigenvalue weighted by Crippen LogP contribution is 2.09. The first kappa shape index (κ1) is 11.8. The Morgan fingerprint density at radius 2 is 2.25 bits per heavy atom. The van der Waals surface area contributed by atoms with E-state index in [-0.39, 0.29) is 13.0 Å². The second-order valence-electron chi connectivity index (χ2n) is 2.86. The summed E-state index contributed by atoms with van der Waals surface area (Å²) in [5.41, 5.74) is 0. The van der Waals surface area contributed by atoms with Crippen LogP contribution in [0.4, 0.5) is 0 Å². The third-order valence-electron chi connectivity index (χ3n) is 1.39. The molecule has 0 spiro atoms. The lowest BCUT2D eigenvalue weighted by Gasteiger charge is -2.05. The van der Waals surface area contributed by atoms with Crippen molar-refractivity contribution in [3.63, 3.8) is 0 Å². The van der Waals surface area contributed by atoms with Crippen molar-refractivity contribution in [3.8, 4) is 0 Å². The standard InChI is InChI=1S/C8H16O3S/c1-7(5-9)6-12-4-2-3-8(10)11/h7,9H,2-6H2,1H3,(H,10,11). The van der Waals surface area contributed by atoms with Crippen LogP contribution in [0.25, 0.3) is 0 Å². The molecule has 0 aromatic heterocycles. The fourth-order valence-corrected chi connectivity index (χ4v) is 1.69. The monoisotopic (exact) mass is 192 g/mol. The number of thioether (sulfide) groups is 1. The van der Waals surface area contributed by atoms with Crippen molar-refractivity contribution in [1.29, 1.82) is 0 Å². The third-order valence-corrected chi connectivity index (χ3v) is 2.78. The fourth-order valence-electron chi connectivity index (χ4n) is 0.663. The molecular weight excluding hydrogens is 176 g/mol. The van der Waals surface area contributed by atoms with Crippen LogP contribution in [0.3, 0.4) is 0 Å². The summed E-state index contributed by atoms with van der Waals surface area (Å²) in [6, 6.07) is 0. The van der Waals surface area contributed by atoms with Crippen LogP contribution in [0, 0.1) is 5.92 Å². The molecule has 4 heteroatoms. The van der Waals surface area contributed by atoms with Crippen molar-refractivity contribution >= 4 is 17.7 Å². The molecular formula is C8H16O3S. The minimum Gasteiger partial charge on any atom is -0.481 e. The van der Waals surface area contributed by atoms with Crippen molar-refractivity contribution in [2.24, 2.45) is 5.92 Å². The highest BCUT2D eigenvalue weighted by atomic mass is 32.2. The number of hydrogen-bond donors (Lipinski definition) is 2. The molecule has 0 aliphatic carbocycles. The van der Waals surface area contributed by atoms with Crippen LogP contribution in [0.2, 0.25) is 0 Å².